The van der Waals surface area contributed by atoms with Crippen LogP contribution in [0.4, 0.5) is 28.9 Å². The maximum atomic E-state index is 14.6. The van der Waals surface area contributed by atoms with E-state index in [4.69, 9.17) is 11.5 Å². The molecule has 10 heteroatoms. The summed E-state index contributed by atoms with van der Waals surface area (Å²) in [5.74, 6) is -4.48. The van der Waals surface area contributed by atoms with Gasteiger partial charge in [0.2, 0.25) is 0 Å². The van der Waals surface area contributed by atoms with Crippen molar-refractivity contribution in [3.8, 4) is 11.3 Å². The van der Waals surface area contributed by atoms with Gasteiger partial charge in [0.05, 0.1) is 23.1 Å². The normalized spacial score (nSPS) is 20.5. The number of amides is 1. The summed E-state index contributed by atoms with van der Waals surface area (Å²) in [6.45, 7) is 3.53. The van der Waals surface area contributed by atoms with Crippen LogP contribution in [-0.2, 0) is 0 Å². The Labute approximate surface area is 205 Å². The molecule has 0 radical (unpaired) electrons. The van der Waals surface area contributed by atoms with E-state index in [1.165, 1.54) is 12.3 Å². The standard InChI is InChI=1S/C26H25F4N5O/c1-2-17(27)14-8-13(9-15(31)10-14)16-6-7-33-12-22(16)34-26(36)25-21(32)11-20(30)24(35-25)23-18(28)4-3-5-19(23)29/h2-7,11-15,17H,1,8-10,31-32H2,(H,34,36). The number of nitrogens with zero attached hydrogens (tertiary/aromatic N) is 2. The average molecular weight is 500 g/mol. The number of nitrogens with two attached hydrogens (primary N) is 2. The molecule has 1 aliphatic rings. The minimum Gasteiger partial charge on any atom is -0.397 e. The fourth-order valence-corrected chi connectivity index (χ4v) is 4.75. The molecule has 1 aromatic carbocycles. The number of hydrogen-bond donors (Lipinski definition) is 3. The van der Waals surface area contributed by atoms with Gasteiger partial charge in [-0.05, 0) is 54.9 Å². The van der Waals surface area contributed by atoms with Crippen LogP contribution >= 0.6 is 0 Å². The Morgan fingerprint density at radius 3 is 2.56 bits per heavy atom. The van der Waals surface area contributed by atoms with Crippen LogP contribution in [-0.4, -0.2) is 28.1 Å². The van der Waals surface area contributed by atoms with Gasteiger partial charge in [0.15, 0.2) is 11.5 Å². The number of nitrogen functional groups attached to an aromatic ring is 1. The molecule has 5 N–H and O–H groups in total. The molecule has 2 heterocycles. The van der Waals surface area contributed by atoms with Crippen LogP contribution < -0.4 is 16.8 Å². The molecule has 1 amide bonds. The molecule has 188 valence electrons. The highest BCUT2D eigenvalue weighted by molar-refractivity contribution is 6.07. The topological polar surface area (TPSA) is 107 Å². The maximum absolute atomic E-state index is 14.6. The number of allylic oxidation sites excluding steroid dienone is 1. The summed E-state index contributed by atoms with van der Waals surface area (Å²) in [6.07, 6.45) is 4.58. The van der Waals surface area contributed by atoms with Crippen molar-refractivity contribution in [3.63, 3.8) is 0 Å². The van der Waals surface area contributed by atoms with Crippen LogP contribution in [0.1, 0.15) is 41.2 Å². The Morgan fingerprint density at radius 1 is 1.14 bits per heavy atom. The van der Waals surface area contributed by atoms with E-state index in [9.17, 15) is 22.4 Å². The van der Waals surface area contributed by atoms with Crippen LogP contribution in [0.25, 0.3) is 11.3 Å². The third-order valence-corrected chi connectivity index (χ3v) is 6.42. The molecular formula is C26H25F4N5O. The molecule has 36 heavy (non-hydrogen) atoms. The molecule has 4 unspecified atom stereocenters. The largest absolute Gasteiger partial charge is 0.397 e. The highest BCUT2D eigenvalue weighted by Gasteiger charge is 2.33. The van der Waals surface area contributed by atoms with Gasteiger partial charge in [0, 0.05) is 18.3 Å². The van der Waals surface area contributed by atoms with Crippen LogP contribution in [0.3, 0.4) is 0 Å². The highest BCUT2D eigenvalue weighted by Crippen LogP contribution is 2.40. The van der Waals surface area contributed by atoms with Crippen molar-refractivity contribution in [3.05, 3.63) is 84.1 Å². The number of benzene rings is 1. The molecule has 4 rings (SSSR count). The van der Waals surface area contributed by atoms with Crippen LogP contribution in [0, 0.1) is 23.4 Å². The Balaban J connectivity index is 1.66. The fraction of sp³-hybridized carbons (Fsp3) is 0.269. The minimum absolute atomic E-state index is 0.170. The first-order valence-electron chi connectivity index (χ1n) is 11.4. The monoisotopic (exact) mass is 499 g/mol. The second kappa shape index (κ2) is 10.4. The van der Waals surface area contributed by atoms with Gasteiger partial charge in [-0.15, -0.1) is 6.58 Å². The first kappa shape index (κ1) is 25.3. The Hall–Kier alpha value is -3.79. The van der Waals surface area contributed by atoms with Gasteiger partial charge in [0.1, 0.15) is 23.5 Å². The lowest BCUT2D eigenvalue weighted by Crippen LogP contribution is -2.35. The molecule has 1 fully saturated rings. The molecule has 4 atom stereocenters. The van der Waals surface area contributed by atoms with Crippen LogP contribution in [0.15, 0.2) is 55.4 Å². The zero-order valence-corrected chi connectivity index (χ0v) is 19.2. The van der Waals surface area contributed by atoms with E-state index < -0.39 is 46.5 Å². The minimum atomic E-state index is -1.21. The SMILES string of the molecule is C=CC(F)C1CC(N)CC(c2ccncc2NC(=O)c2nc(-c3c(F)cccc3F)c(F)cc2N)C1. The number of anilines is 2. The molecular weight excluding hydrogens is 474 g/mol. The number of halogens is 4. The van der Waals surface area contributed by atoms with Gasteiger partial charge >= 0.3 is 0 Å². The number of nitrogens with one attached hydrogen (secondary N) is 1. The lowest BCUT2D eigenvalue weighted by atomic mass is 9.74. The fourth-order valence-electron chi connectivity index (χ4n) is 4.75. The summed E-state index contributed by atoms with van der Waals surface area (Å²) < 4.78 is 57.5. The molecule has 0 aliphatic heterocycles. The van der Waals surface area contributed by atoms with Crippen molar-refractivity contribution in [2.75, 3.05) is 11.1 Å². The van der Waals surface area contributed by atoms with Gasteiger partial charge in [-0.3, -0.25) is 9.78 Å². The summed E-state index contributed by atoms with van der Waals surface area (Å²) in [6, 6.07) is 5.29. The summed E-state index contributed by atoms with van der Waals surface area (Å²) in [5, 5.41) is 2.66. The third-order valence-electron chi connectivity index (χ3n) is 6.42. The van der Waals surface area contributed by atoms with Crippen molar-refractivity contribution in [2.24, 2.45) is 11.7 Å². The molecule has 3 aromatic rings. The van der Waals surface area contributed by atoms with Crippen molar-refractivity contribution in [1.82, 2.24) is 9.97 Å². The van der Waals surface area contributed by atoms with Crippen molar-refractivity contribution in [1.29, 1.82) is 0 Å². The summed E-state index contributed by atoms with van der Waals surface area (Å²) in [5.41, 5.74) is 10.9. The third kappa shape index (κ3) is 5.08. The predicted octanol–water partition coefficient (Wildman–Crippen LogP) is 5.13. The van der Waals surface area contributed by atoms with Crippen molar-refractivity contribution < 1.29 is 22.4 Å². The number of carbonyl (C=O) groups excluding carboxylic acids is 1. The number of carbonyl (C=O) groups is 1. The molecule has 2 aromatic heterocycles. The van der Waals surface area contributed by atoms with Crippen molar-refractivity contribution >= 4 is 17.3 Å². The lowest BCUT2D eigenvalue weighted by molar-refractivity contribution is 0.102. The van der Waals surface area contributed by atoms with Gasteiger partial charge in [0.25, 0.3) is 5.91 Å². The molecule has 6 nitrogen and oxygen atoms in total. The van der Waals surface area contributed by atoms with Crippen molar-refractivity contribution in [2.45, 2.75) is 37.4 Å². The number of alkyl halides is 1. The second-order valence-corrected chi connectivity index (χ2v) is 8.87. The molecule has 0 saturated heterocycles. The van der Waals surface area contributed by atoms with E-state index in [1.54, 1.807) is 12.3 Å². The number of hydrogen-bond acceptors (Lipinski definition) is 5. The van der Waals surface area contributed by atoms with Crippen LogP contribution in [0.5, 0.6) is 0 Å². The van der Waals surface area contributed by atoms with Gasteiger partial charge in [-0.2, -0.15) is 0 Å². The van der Waals surface area contributed by atoms with E-state index in [0.29, 0.717) is 30.5 Å². The summed E-state index contributed by atoms with van der Waals surface area (Å²) in [4.78, 5) is 21.0. The zero-order chi connectivity index (χ0) is 26.0. The average Bonchev–Trinajstić information content (AvgIpc) is 2.84. The quantitative estimate of drug-likeness (QED) is 0.322. The lowest BCUT2D eigenvalue weighted by Gasteiger charge is -2.35. The van der Waals surface area contributed by atoms with E-state index in [2.05, 4.69) is 21.9 Å². The van der Waals surface area contributed by atoms with Crippen LogP contribution in [0.2, 0.25) is 0 Å². The number of rotatable bonds is 6. The van der Waals surface area contributed by atoms with E-state index in [1.807, 2.05) is 0 Å². The Kier molecular flexibility index (Phi) is 7.35. The summed E-state index contributed by atoms with van der Waals surface area (Å²) in [7, 11) is 0. The van der Waals surface area contributed by atoms with E-state index >= 15 is 0 Å². The molecule has 1 saturated carbocycles. The first-order valence-corrected chi connectivity index (χ1v) is 11.4. The smallest absolute Gasteiger partial charge is 0.276 e. The first-order chi connectivity index (χ1) is 17.2. The maximum Gasteiger partial charge on any atom is 0.276 e. The Morgan fingerprint density at radius 2 is 1.86 bits per heavy atom. The zero-order valence-electron chi connectivity index (χ0n) is 19.2. The second-order valence-electron chi connectivity index (χ2n) is 8.87. The molecule has 1 aliphatic carbocycles. The van der Waals surface area contributed by atoms with E-state index in [-0.39, 0.29) is 23.6 Å². The van der Waals surface area contributed by atoms with E-state index in [0.717, 1.165) is 24.3 Å². The van der Waals surface area contributed by atoms with Gasteiger partial charge in [-0.1, -0.05) is 12.1 Å². The Bertz CT molecular complexity index is 1280. The number of pyridine rings is 2. The molecule has 0 spiro atoms. The summed E-state index contributed by atoms with van der Waals surface area (Å²) >= 11 is 0. The number of aromatic nitrogens is 2. The highest BCUT2D eigenvalue weighted by atomic mass is 19.1. The van der Waals surface area contributed by atoms with Gasteiger partial charge < -0.3 is 16.8 Å². The molecule has 0 bridgehead atoms. The predicted molar refractivity (Wildman–Crippen MR) is 129 cm³/mol. The van der Waals surface area contributed by atoms with Gasteiger partial charge in [-0.25, -0.2) is 22.5 Å².